The highest BCUT2D eigenvalue weighted by Gasteiger charge is 2.48. The number of carboxylic acid groups (broad SMARTS) is 1. The standard InChI is InChI=1S/C27H32ClNO6/c1-26(2)9-16-23(18(30)11-26)22(24-17(29(16)5)10-27(3,4)12-19(24)31)14-7-15(28)25(20(8-14)34-6)35-13-21(32)33/h7-8,22H,9-13H2,1-6H3,(H,32,33). The van der Waals surface area contributed by atoms with E-state index in [0.29, 0.717) is 29.6 Å². The Morgan fingerprint density at radius 1 is 1.03 bits per heavy atom. The number of ketones is 2. The van der Waals surface area contributed by atoms with E-state index in [0.717, 1.165) is 24.2 Å². The summed E-state index contributed by atoms with van der Waals surface area (Å²) >= 11 is 6.55. The lowest BCUT2D eigenvalue weighted by Gasteiger charge is -2.48. The number of allylic oxidation sites excluding steroid dienone is 4. The van der Waals surface area contributed by atoms with Gasteiger partial charge in [0.15, 0.2) is 29.7 Å². The molecule has 2 aliphatic carbocycles. The van der Waals surface area contributed by atoms with Crippen LogP contribution in [-0.2, 0) is 14.4 Å². The molecule has 0 amide bonds. The number of nitrogens with zero attached hydrogens (tertiary/aromatic N) is 1. The number of ether oxygens (including phenoxy) is 2. The number of hydrogen-bond acceptors (Lipinski definition) is 6. The van der Waals surface area contributed by atoms with Gasteiger partial charge < -0.3 is 19.5 Å². The van der Waals surface area contributed by atoms with Crippen molar-refractivity contribution in [3.05, 3.63) is 45.3 Å². The van der Waals surface area contributed by atoms with Crippen LogP contribution in [0.25, 0.3) is 0 Å². The van der Waals surface area contributed by atoms with Crippen LogP contribution in [0.15, 0.2) is 34.7 Å². The monoisotopic (exact) mass is 501 g/mol. The van der Waals surface area contributed by atoms with Crippen LogP contribution in [0, 0.1) is 10.8 Å². The normalized spacial score (nSPS) is 21.6. The number of benzene rings is 1. The molecule has 0 unspecified atom stereocenters. The number of methoxy groups -OCH3 is 1. The van der Waals surface area contributed by atoms with Crippen molar-refractivity contribution in [1.29, 1.82) is 0 Å². The second-order valence-electron chi connectivity index (χ2n) is 11.3. The van der Waals surface area contributed by atoms with Gasteiger partial charge in [-0.3, -0.25) is 9.59 Å². The van der Waals surface area contributed by atoms with Gasteiger partial charge in [0, 0.05) is 48.3 Å². The molecule has 188 valence electrons. The van der Waals surface area contributed by atoms with Gasteiger partial charge in [-0.25, -0.2) is 4.79 Å². The number of carbonyl (C=O) groups is 3. The molecule has 0 spiro atoms. The Labute approximate surface area is 210 Å². The molecule has 0 radical (unpaired) electrons. The first-order chi connectivity index (χ1) is 16.2. The molecule has 1 aliphatic heterocycles. The topological polar surface area (TPSA) is 93.1 Å². The van der Waals surface area contributed by atoms with Gasteiger partial charge in [0.25, 0.3) is 0 Å². The molecule has 8 heteroatoms. The zero-order valence-electron chi connectivity index (χ0n) is 21.1. The fraction of sp³-hybridized carbons (Fsp3) is 0.519. The van der Waals surface area contributed by atoms with Crippen LogP contribution in [-0.4, -0.2) is 48.3 Å². The van der Waals surface area contributed by atoms with E-state index in [-0.39, 0.29) is 38.9 Å². The third kappa shape index (κ3) is 4.58. The lowest BCUT2D eigenvalue weighted by atomic mass is 9.63. The van der Waals surface area contributed by atoms with E-state index in [1.807, 2.05) is 7.05 Å². The molecule has 0 saturated heterocycles. The molecule has 1 aromatic rings. The maximum absolute atomic E-state index is 13.6. The number of carboxylic acids is 1. The van der Waals surface area contributed by atoms with Crippen molar-refractivity contribution in [3.8, 4) is 11.5 Å². The number of halogens is 1. The average Bonchev–Trinajstić information content (AvgIpc) is 2.72. The Kier molecular flexibility index (Phi) is 6.29. The van der Waals surface area contributed by atoms with Crippen LogP contribution >= 0.6 is 11.6 Å². The van der Waals surface area contributed by atoms with Gasteiger partial charge in [-0.15, -0.1) is 0 Å². The van der Waals surface area contributed by atoms with Crippen molar-refractivity contribution in [2.24, 2.45) is 10.8 Å². The van der Waals surface area contributed by atoms with E-state index in [9.17, 15) is 14.4 Å². The maximum Gasteiger partial charge on any atom is 0.341 e. The van der Waals surface area contributed by atoms with E-state index in [2.05, 4.69) is 32.6 Å². The second kappa shape index (κ2) is 8.70. The van der Waals surface area contributed by atoms with E-state index in [1.54, 1.807) is 12.1 Å². The molecule has 0 fully saturated rings. The zero-order chi connectivity index (χ0) is 25.9. The lowest BCUT2D eigenvalue weighted by Crippen LogP contribution is -2.43. The number of carbonyl (C=O) groups excluding carboxylic acids is 2. The van der Waals surface area contributed by atoms with Crippen LogP contribution in [0.4, 0.5) is 0 Å². The zero-order valence-corrected chi connectivity index (χ0v) is 21.8. The highest BCUT2D eigenvalue weighted by Crippen LogP contribution is 2.55. The predicted octanol–water partition coefficient (Wildman–Crippen LogP) is 5.13. The van der Waals surface area contributed by atoms with Gasteiger partial charge in [-0.05, 0) is 41.4 Å². The minimum absolute atomic E-state index is 0.0265. The number of hydrogen-bond donors (Lipinski definition) is 1. The second-order valence-corrected chi connectivity index (χ2v) is 11.7. The quantitative estimate of drug-likeness (QED) is 0.598. The fourth-order valence-electron chi connectivity index (χ4n) is 5.68. The number of Topliss-reactive ketones (excluding diaryl/α,β-unsaturated/α-hetero) is 2. The molecule has 1 aromatic carbocycles. The Hall–Kier alpha value is -2.80. The molecule has 0 atom stereocenters. The predicted molar refractivity (Wildman–Crippen MR) is 132 cm³/mol. The minimum atomic E-state index is -1.14. The van der Waals surface area contributed by atoms with E-state index >= 15 is 0 Å². The highest BCUT2D eigenvalue weighted by atomic mass is 35.5. The van der Waals surface area contributed by atoms with Gasteiger partial charge in [0.05, 0.1) is 12.1 Å². The lowest BCUT2D eigenvalue weighted by molar-refractivity contribution is -0.139. The fourth-order valence-corrected chi connectivity index (χ4v) is 5.95. The minimum Gasteiger partial charge on any atom is -0.493 e. The summed E-state index contributed by atoms with van der Waals surface area (Å²) in [7, 11) is 3.40. The molecule has 1 heterocycles. The molecular formula is C27H32ClNO6. The molecule has 0 saturated carbocycles. The van der Waals surface area contributed by atoms with Crippen molar-refractivity contribution in [2.45, 2.75) is 59.3 Å². The Bertz CT molecular complexity index is 1140. The first kappa shape index (κ1) is 25.3. The first-order valence-corrected chi connectivity index (χ1v) is 12.1. The highest BCUT2D eigenvalue weighted by molar-refractivity contribution is 6.32. The van der Waals surface area contributed by atoms with E-state index in [1.165, 1.54) is 7.11 Å². The molecule has 0 aromatic heterocycles. The molecule has 1 N–H and O–H groups in total. The van der Waals surface area contributed by atoms with Gasteiger partial charge in [-0.1, -0.05) is 39.3 Å². The maximum atomic E-state index is 13.6. The average molecular weight is 502 g/mol. The van der Waals surface area contributed by atoms with Gasteiger partial charge in [0.1, 0.15) is 0 Å². The molecule has 35 heavy (non-hydrogen) atoms. The van der Waals surface area contributed by atoms with Gasteiger partial charge in [0.2, 0.25) is 0 Å². The summed E-state index contributed by atoms with van der Waals surface area (Å²) in [6.07, 6.45) is 2.22. The summed E-state index contributed by atoms with van der Waals surface area (Å²) in [6, 6.07) is 3.36. The summed E-state index contributed by atoms with van der Waals surface area (Å²) in [5.74, 6) is -1.29. The largest absolute Gasteiger partial charge is 0.493 e. The molecule has 4 rings (SSSR count). The van der Waals surface area contributed by atoms with Gasteiger partial charge in [-0.2, -0.15) is 0 Å². The Morgan fingerprint density at radius 2 is 1.54 bits per heavy atom. The summed E-state index contributed by atoms with van der Waals surface area (Å²) in [4.78, 5) is 40.3. The smallest absolute Gasteiger partial charge is 0.341 e. The van der Waals surface area contributed by atoms with Gasteiger partial charge >= 0.3 is 5.97 Å². The Morgan fingerprint density at radius 3 is 2.00 bits per heavy atom. The van der Waals surface area contributed by atoms with Crippen molar-refractivity contribution < 1.29 is 29.0 Å². The first-order valence-electron chi connectivity index (χ1n) is 11.7. The summed E-state index contributed by atoms with van der Waals surface area (Å²) < 4.78 is 10.9. The van der Waals surface area contributed by atoms with Crippen molar-refractivity contribution >= 4 is 29.1 Å². The third-order valence-electron chi connectivity index (χ3n) is 7.11. The summed E-state index contributed by atoms with van der Waals surface area (Å²) in [5, 5.41) is 9.18. The van der Waals surface area contributed by atoms with Crippen LogP contribution in [0.5, 0.6) is 11.5 Å². The molecular weight excluding hydrogens is 470 g/mol. The molecule has 3 aliphatic rings. The van der Waals surface area contributed by atoms with Crippen LogP contribution < -0.4 is 9.47 Å². The van der Waals surface area contributed by atoms with Crippen LogP contribution in [0.2, 0.25) is 5.02 Å². The van der Waals surface area contributed by atoms with Crippen LogP contribution in [0.1, 0.15) is 64.9 Å². The SMILES string of the molecule is COc1cc(C2C3=C(CC(C)(C)CC3=O)N(C)C3=C2C(=O)CC(C)(C)C3)cc(Cl)c1OCC(=O)O. The summed E-state index contributed by atoms with van der Waals surface area (Å²) in [5.41, 5.74) is 3.44. The molecule has 7 nitrogen and oxygen atoms in total. The van der Waals surface area contributed by atoms with Crippen molar-refractivity contribution in [3.63, 3.8) is 0 Å². The van der Waals surface area contributed by atoms with E-state index in [4.69, 9.17) is 26.2 Å². The number of aliphatic carboxylic acids is 1. The molecule has 0 bridgehead atoms. The van der Waals surface area contributed by atoms with Crippen molar-refractivity contribution in [1.82, 2.24) is 4.90 Å². The van der Waals surface area contributed by atoms with E-state index < -0.39 is 18.5 Å². The van der Waals surface area contributed by atoms with Crippen molar-refractivity contribution in [2.75, 3.05) is 20.8 Å². The van der Waals surface area contributed by atoms with Crippen LogP contribution in [0.3, 0.4) is 0 Å². The number of rotatable bonds is 5. The summed E-state index contributed by atoms with van der Waals surface area (Å²) in [6.45, 7) is 7.78. The Balaban J connectivity index is 1.94. The third-order valence-corrected chi connectivity index (χ3v) is 7.39.